The molecule has 0 spiro atoms. The van der Waals surface area contributed by atoms with Crippen LogP contribution in [0.1, 0.15) is 0 Å². The highest BCUT2D eigenvalue weighted by molar-refractivity contribution is 5.52. The number of phenols is 2. The van der Waals surface area contributed by atoms with Crippen LogP contribution in [0.4, 0.5) is 5.69 Å². The molecule has 1 aromatic rings. The van der Waals surface area contributed by atoms with Gasteiger partial charge in [-0.3, -0.25) is 0 Å². The van der Waals surface area contributed by atoms with Crippen molar-refractivity contribution in [3.63, 3.8) is 0 Å². The van der Waals surface area contributed by atoms with Crippen LogP contribution in [0.5, 0.6) is 11.5 Å². The Balaban J connectivity index is 3.04. The first kappa shape index (κ1) is 6.74. The molecule has 0 saturated heterocycles. The second-order valence-corrected chi connectivity index (χ2v) is 1.95. The molecule has 0 fully saturated rings. The fourth-order valence-electron chi connectivity index (χ4n) is 0.679. The minimum absolute atomic E-state index is 0.0981. The Morgan fingerprint density at radius 2 is 1.90 bits per heavy atom. The van der Waals surface area contributed by atoms with E-state index in [0.717, 1.165) is 5.69 Å². The lowest BCUT2D eigenvalue weighted by Gasteiger charge is -2.00. The van der Waals surface area contributed by atoms with Crippen LogP contribution in [0.15, 0.2) is 18.2 Å². The van der Waals surface area contributed by atoms with Crippen LogP contribution in [0.25, 0.3) is 0 Å². The van der Waals surface area contributed by atoms with Crippen molar-refractivity contribution < 1.29 is 10.2 Å². The van der Waals surface area contributed by atoms with E-state index >= 15 is 0 Å². The van der Waals surface area contributed by atoms with Gasteiger partial charge in [-0.2, -0.15) is 0 Å². The Hall–Kier alpha value is -1.38. The van der Waals surface area contributed by atoms with Crippen LogP contribution >= 0.6 is 0 Å². The number of nitrogens with one attached hydrogen (secondary N) is 1. The summed E-state index contributed by atoms with van der Waals surface area (Å²) in [6.07, 6.45) is 0. The molecule has 0 aliphatic rings. The van der Waals surface area contributed by atoms with Crippen LogP contribution in [-0.4, -0.2) is 17.3 Å². The molecule has 0 saturated carbocycles. The van der Waals surface area contributed by atoms with Gasteiger partial charge in [0.25, 0.3) is 0 Å². The molecule has 1 aromatic carbocycles. The molecule has 10 heavy (non-hydrogen) atoms. The maximum Gasteiger partial charge on any atom is 0.159 e. The summed E-state index contributed by atoms with van der Waals surface area (Å²) in [5.41, 5.74) is 0.773. The molecule has 0 heterocycles. The zero-order chi connectivity index (χ0) is 7.56. The third-order valence-electron chi connectivity index (χ3n) is 1.26. The van der Waals surface area contributed by atoms with E-state index in [1.807, 2.05) is 0 Å². The van der Waals surface area contributed by atoms with Crippen molar-refractivity contribution in [1.82, 2.24) is 0 Å². The SMILES string of the molecule is CNc1ccc(O)c(O)c1. The topological polar surface area (TPSA) is 52.5 Å². The lowest BCUT2D eigenvalue weighted by atomic mass is 10.3. The summed E-state index contributed by atoms with van der Waals surface area (Å²) < 4.78 is 0. The second-order valence-electron chi connectivity index (χ2n) is 1.95. The van der Waals surface area contributed by atoms with Crippen molar-refractivity contribution in [2.24, 2.45) is 0 Å². The van der Waals surface area contributed by atoms with Crippen molar-refractivity contribution in [2.45, 2.75) is 0 Å². The molecule has 3 N–H and O–H groups in total. The number of benzene rings is 1. The van der Waals surface area contributed by atoms with Crippen LogP contribution in [0.2, 0.25) is 0 Å². The number of aromatic hydroxyl groups is 2. The number of hydrogen-bond acceptors (Lipinski definition) is 3. The quantitative estimate of drug-likeness (QED) is 0.404. The molecule has 0 radical (unpaired) electrons. The van der Waals surface area contributed by atoms with Crippen molar-refractivity contribution in [3.8, 4) is 11.5 Å². The minimum Gasteiger partial charge on any atom is -0.504 e. The Morgan fingerprint density at radius 1 is 1.20 bits per heavy atom. The van der Waals surface area contributed by atoms with Gasteiger partial charge in [-0.1, -0.05) is 0 Å². The van der Waals surface area contributed by atoms with Crippen molar-refractivity contribution in [3.05, 3.63) is 18.2 Å². The largest absolute Gasteiger partial charge is 0.504 e. The van der Waals surface area contributed by atoms with E-state index in [-0.39, 0.29) is 11.5 Å². The Morgan fingerprint density at radius 3 is 2.40 bits per heavy atom. The standard InChI is InChI=1S/C7H9NO2/c1-8-5-2-3-6(9)7(10)4-5/h2-4,8-10H,1H3. The van der Waals surface area contributed by atoms with Crippen molar-refractivity contribution in [1.29, 1.82) is 0 Å². The third-order valence-corrected chi connectivity index (χ3v) is 1.26. The molecule has 3 heteroatoms. The monoisotopic (exact) mass is 139 g/mol. The summed E-state index contributed by atoms with van der Waals surface area (Å²) in [4.78, 5) is 0. The summed E-state index contributed by atoms with van der Waals surface area (Å²) in [6.45, 7) is 0. The average Bonchev–Trinajstić information content (AvgIpc) is 1.95. The summed E-state index contributed by atoms with van der Waals surface area (Å²) in [6, 6.07) is 4.56. The fraction of sp³-hybridized carbons (Fsp3) is 0.143. The van der Waals surface area contributed by atoms with Crippen molar-refractivity contribution >= 4 is 5.69 Å². The summed E-state index contributed by atoms with van der Waals surface area (Å²) in [5, 5.41) is 20.6. The number of rotatable bonds is 1. The lowest BCUT2D eigenvalue weighted by Crippen LogP contribution is -1.85. The maximum atomic E-state index is 8.94. The second kappa shape index (κ2) is 2.47. The van der Waals surface area contributed by atoms with Gasteiger partial charge in [0.1, 0.15) is 0 Å². The molecular weight excluding hydrogens is 130 g/mol. The van der Waals surface area contributed by atoms with Gasteiger partial charge < -0.3 is 15.5 Å². The smallest absolute Gasteiger partial charge is 0.159 e. The van der Waals surface area contributed by atoms with Crippen LogP contribution in [-0.2, 0) is 0 Å². The van der Waals surface area contributed by atoms with E-state index in [0.29, 0.717) is 0 Å². The molecule has 0 atom stereocenters. The van der Waals surface area contributed by atoms with Gasteiger partial charge in [-0.05, 0) is 12.1 Å². The predicted octanol–water partition coefficient (Wildman–Crippen LogP) is 1.14. The van der Waals surface area contributed by atoms with Gasteiger partial charge in [0, 0.05) is 18.8 Å². The summed E-state index contributed by atoms with van der Waals surface area (Å²) in [7, 11) is 1.74. The lowest BCUT2D eigenvalue weighted by molar-refractivity contribution is 0.404. The normalized spacial score (nSPS) is 9.30. The molecule has 0 unspecified atom stereocenters. The van der Waals surface area contributed by atoms with Crippen molar-refractivity contribution in [2.75, 3.05) is 12.4 Å². The van der Waals surface area contributed by atoms with Crippen LogP contribution in [0.3, 0.4) is 0 Å². The maximum absolute atomic E-state index is 8.94. The molecule has 0 aliphatic carbocycles. The highest BCUT2D eigenvalue weighted by atomic mass is 16.3. The Labute approximate surface area is 58.9 Å². The molecule has 1 rings (SSSR count). The van der Waals surface area contributed by atoms with Crippen LogP contribution < -0.4 is 5.32 Å². The summed E-state index contributed by atoms with van der Waals surface area (Å²) >= 11 is 0. The van der Waals surface area contributed by atoms with E-state index in [4.69, 9.17) is 10.2 Å². The highest BCUT2D eigenvalue weighted by Crippen LogP contribution is 2.26. The molecule has 0 bridgehead atoms. The van der Waals surface area contributed by atoms with Gasteiger partial charge in [0.15, 0.2) is 11.5 Å². The fourth-order valence-corrected chi connectivity index (χ4v) is 0.679. The Kier molecular flexibility index (Phi) is 1.67. The first-order valence-corrected chi connectivity index (χ1v) is 2.94. The van der Waals surface area contributed by atoms with Gasteiger partial charge in [-0.15, -0.1) is 0 Å². The first-order valence-electron chi connectivity index (χ1n) is 2.94. The number of hydrogen-bond donors (Lipinski definition) is 3. The molecule has 0 aromatic heterocycles. The average molecular weight is 139 g/mol. The van der Waals surface area contributed by atoms with Gasteiger partial charge in [0.2, 0.25) is 0 Å². The zero-order valence-corrected chi connectivity index (χ0v) is 5.63. The molecule has 54 valence electrons. The third kappa shape index (κ3) is 1.13. The molecular formula is C7H9NO2. The molecule has 0 aliphatic heterocycles. The highest BCUT2D eigenvalue weighted by Gasteiger charge is 1.96. The predicted molar refractivity (Wildman–Crippen MR) is 39.3 cm³/mol. The molecule has 0 amide bonds. The summed E-state index contributed by atoms with van der Waals surface area (Å²) in [5.74, 6) is -0.203. The van der Waals surface area contributed by atoms with Gasteiger partial charge in [0.05, 0.1) is 0 Å². The van der Waals surface area contributed by atoms with Gasteiger partial charge >= 0.3 is 0 Å². The first-order chi connectivity index (χ1) is 4.74. The number of phenolic OH excluding ortho intramolecular Hbond substituents is 2. The Bertz CT molecular complexity index is 235. The molecule has 3 nitrogen and oxygen atoms in total. The van der Waals surface area contributed by atoms with E-state index in [2.05, 4.69) is 5.32 Å². The van der Waals surface area contributed by atoms with E-state index in [1.165, 1.54) is 12.1 Å². The van der Waals surface area contributed by atoms with E-state index < -0.39 is 0 Å². The number of anilines is 1. The van der Waals surface area contributed by atoms with Crippen LogP contribution in [0, 0.1) is 0 Å². The minimum atomic E-state index is -0.105. The van der Waals surface area contributed by atoms with E-state index in [9.17, 15) is 0 Å². The van der Waals surface area contributed by atoms with Gasteiger partial charge in [-0.25, -0.2) is 0 Å². The van der Waals surface area contributed by atoms with E-state index in [1.54, 1.807) is 13.1 Å². The zero-order valence-electron chi connectivity index (χ0n) is 5.63.